The van der Waals surface area contributed by atoms with Gasteiger partial charge in [0.15, 0.2) is 0 Å². The Kier molecular flexibility index (Phi) is 4.20. The molecule has 1 fully saturated rings. The lowest BCUT2D eigenvalue weighted by Crippen LogP contribution is -2.47. The third-order valence-corrected chi connectivity index (χ3v) is 4.32. The van der Waals surface area contributed by atoms with Crippen LogP contribution >= 0.6 is 0 Å². The van der Waals surface area contributed by atoms with Crippen molar-refractivity contribution >= 4 is 5.91 Å². The Morgan fingerprint density at radius 1 is 1.41 bits per heavy atom. The third kappa shape index (κ3) is 3.17. The monoisotopic (exact) mass is 299 g/mol. The minimum atomic E-state index is -0.108. The van der Waals surface area contributed by atoms with E-state index in [-0.39, 0.29) is 11.9 Å². The van der Waals surface area contributed by atoms with Gasteiger partial charge in [-0.1, -0.05) is 0 Å². The normalized spacial score (nSPS) is 22.5. The zero-order valence-electron chi connectivity index (χ0n) is 12.9. The summed E-state index contributed by atoms with van der Waals surface area (Å²) in [4.78, 5) is 22.9. The number of nitrogens with zero attached hydrogens (tertiary/aromatic N) is 4. The largest absolute Gasteiger partial charge is 0.348 e. The quantitative estimate of drug-likeness (QED) is 0.932. The molecule has 6 heteroatoms. The topological polar surface area (TPSA) is 63.1 Å². The van der Waals surface area contributed by atoms with Crippen LogP contribution in [-0.4, -0.2) is 51.0 Å². The van der Waals surface area contributed by atoms with Gasteiger partial charge < -0.3 is 14.8 Å². The van der Waals surface area contributed by atoms with Crippen LogP contribution < -0.4 is 5.32 Å². The molecule has 2 aromatic rings. The first kappa shape index (κ1) is 14.7. The second-order valence-electron chi connectivity index (χ2n) is 5.89. The van der Waals surface area contributed by atoms with E-state index >= 15 is 0 Å². The Bertz CT molecular complexity index is 640. The number of amides is 1. The van der Waals surface area contributed by atoms with Crippen LogP contribution in [0.25, 0.3) is 5.69 Å². The summed E-state index contributed by atoms with van der Waals surface area (Å²) in [6, 6.07) is 4.35. The van der Waals surface area contributed by atoms with Crippen LogP contribution in [0, 0.1) is 0 Å². The van der Waals surface area contributed by atoms with Crippen LogP contribution in [0.15, 0.2) is 37.1 Å². The molecule has 3 rings (SSSR count). The fourth-order valence-corrected chi connectivity index (χ4v) is 2.80. The molecule has 0 aromatic carbocycles. The van der Waals surface area contributed by atoms with E-state index in [2.05, 4.69) is 34.2 Å². The number of imidazole rings is 1. The summed E-state index contributed by atoms with van der Waals surface area (Å²) in [5.74, 6) is -0.108. The summed E-state index contributed by atoms with van der Waals surface area (Å²) in [5, 5.41) is 3.11. The maximum atomic E-state index is 12.4. The fourth-order valence-electron chi connectivity index (χ4n) is 2.80. The van der Waals surface area contributed by atoms with Crippen molar-refractivity contribution < 1.29 is 4.79 Å². The standard InChI is InChI=1S/C16H21N5O/c1-12-9-13(4-7-20(12)2)19-16(22)15-10-14(3-5-18-15)21-8-6-17-11-21/h3,5-6,8,10-13H,4,7,9H2,1-2H3,(H,19,22). The molecule has 2 unspecified atom stereocenters. The van der Waals surface area contributed by atoms with E-state index in [9.17, 15) is 4.79 Å². The summed E-state index contributed by atoms with van der Waals surface area (Å²) >= 11 is 0. The lowest BCUT2D eigenvalue weighted by molar-refractivity contribution is 0.0891. The summed E-state index contributed by atoms with van der Waals surface area (Å²) in [6.07, 6.45) is 8.87. The van der Waals surface area contributed by atoms with Gasteiger partial charge in [0.25, 0.3) is 5.91 Å². The number of likely N-dealkylation sites (tertiary alicyclic amines) is 1. The van der Waals surface area contributed by atoms with Crippen LogP contribution in [0.4, 0.5) is 0 Å². The number of pyridine rings is 1. The van der Waals surface area contributed by atoms with Gasteiger partial charge in [0.05, 0.1) is 12.0 Å². The lowest BCUT2D eigenvalue weighted by atomic mass is 9.99. The number of rotatable bonds is 3. The van der Waals surface area contributed by atoms with Crippen molar-refractivity contribution in [3.63, 3.8) is 0 Å². The maximum Gasteiger partial charge on any atom is 0.270 e. The molecule has 3 heterocycles. The molecule has 116 valence electrons. The second kappa shape index (κ2) is 6.27. The average Bonchev–Trinajstić information content (AvgIpc) is 3.05. The van der Waals surface area contributed by atoms with Crippen molar-refractivity contribution in [2.24, 2.45) is 0 Å². The van der Waals surface area contributed by atoms with Crippen molar-refractivity contribution in [3.8, 4) is 5.69 Å². The first-order chi connectivity index (χ1) is 10.6. The highest BCUT2D eigenvalue weighted by Crippen LogP contribution is 2.16. The average molecular weight is 299 g/mol. The van der Waals surface area contributed by atoms with Crippen molar-refractivity contribution in [2.45, 2.75) is 31.8 Å². The maximum absolute atomic E-state index is 12.4. The minimum absolute atomic E-state index is 0.108. The molecule has 1 saturated heterocycles. The van der Waals surface area contributed by atoms with Gasteiger partial charge in [-0.25, -0.2) is 4.98 Å². The molecule has 22 heavy (non-hydrogen) atoms. The van der Waals surface area contributed by atoms with Crippen molar-refractivity contribution in [3.05, 3.63) is 42.7 Å². The first-order valence-corrected chi connectivity index (χ1v) is 7.59. The summed E-state index contributed by atoms with van der Waals surface area (Å²) in [5.41, 5.74) is 1.33. The highest BCUT2D eigenvalue weighted by molar-refractivity contribution is 5.92. The van der Waals surface area contributed by atoms with Crippen LogP contribution in [0.2, 0.25) is 0 Å². The van der Waals surface area contributed by atoms with Crippen molar-refractivity contribution in [1.82, 2.24) is 24.8 Å². The van der Waals surface area contributed by atoms with E-state index in [0.29, 0.717) is 11.7 Å². The Morgan fingerprint density at radius 2 is 2.27 bits per heavy atom. The van der Waals surface area contributed by atoms with Gasteiger partial charge in [0.1, 0.15) is 5.69 Å². The number of aromatic nitrogens is 3. The second-order valence-corrected chi connectivity index (χ2v) is 5.89. The molecule has 6 nitrogen and oxygen atoms in total. The molecular weight excluding hydrogens is 278 g/mol. The predicted octanol–water partition coefficient (Wildman–Crippen LogP) is 1.48. The van der Waals surface area contributed by atoms with Crippen molar-refractivity contribution in [2.75, 3.05) is 13.6 Å². The van der Waals surface area contributed by atoms with Crippen LogP contribution in [-0.2, 0) is 0 Å². The van der Waals surface area contributed by atoms with Gasteiger partial charge in [0, 0.05) is 37.2 Å². The molecule has 2 atom stereocenters. The predicted molar refractivity (Wildman–Crippen MR) is 83.9 cm³/mol. The fraction of sp³-hybridized carbons (Fsp3) is 0.438. The number of carbonyl (C=O) groups excluding carboxylic acids is 1. The van der Waals surface area contributed by atoms with E-state index in [0.717, 1.165) is 25.1 Å². The molecule has 1 amide bonds. The van der Waals surface area contributed by atoms with Crippen molar-refractivity contribution in [1.29, 1.82) is 0 Å². The van der Waals surface area contributed by atoms with Gasteiger partial charge >= 0.3 is 0 Å². The van der Waals surface area contributed by atoms with E-state index < -0.39 is 0 Å². The third-order valence-electron chi connectivity index (χ3n) is 4.32. The van der Waals surface area contributed by atoms with Gasteiger partial charge in [0.2, 0.25) is 0 Å². The number of hydrogen-bond donors (Lipinski definition) is 1. The molecule has 0 aliphatic carbocycles. The molecule has 0 radical (unpaired) electrons. The molecule has 0 saturated carbocycles. The Hall–Kier alpha value is -2.21. The summed E-state index contributed by atoms with van der Waals surface area (Å²) in [6.45, 7) is 3.20. The van der Waals surface area contributed by atoms with Gasteiger partial charge in [-0.15, -0.1) is 0 Å². The highest BCUT2D eigenvalue weighted by Gasteiger charge is 2.24. The zero-order valence-corrected chi connectivity index (χ0v) is 12.9. The number of carbonyl (C=O) groups is 1. The van der Waals surface area contributed by atoms with Crippen LogP contribution in [0.5, 0.6) is 0 Å². The molecule has 0 bridgehead atoms. The van der Waals surface area contributed by atoms with Gasteiger partial charge in [-0.05, 0) is 38.9 Å². The summed E-state index contributed by atoms with van der Waals surface area (Å²) < 4.78 is 1.86. The molecular formula is C16H21N5O. The van der Waals surface area contributed by atoms with E-state index in [1.807, 2.05) is 16.8 Å². The van der Waals surface area contributed by atoms with Crippen LogP contribution in [0.1, 0.15) is 30.3 Å². The molecule has 1 aliphatic heterocycles. The highest BCUT2D eigenvalue weighted by atomic mass is 16.1. The number of hydrogen-bond acceptors (Lipinski definition) is 4. The molecule has 0 spiro atoms. The van der Waals surface area contributed by atoms with E-state index in [1.54, 1.807) is 24.8 Å². The lowest BCUT2D eigenvalue weighted by Gasteiger charge is -2.35. The zero-order chi connectivity index (χ0) is 15.5. The van der Waals surface area contributed by atoms with E-state index in [4.69, 9.17) is 0 Å². The minimum Gasteiger partial charge on any atom is -0.348 e. The molecule has 1 aliphatic rings. The first-order valence-electron chi connectivity index (χ1n) is 7.59. The van der Waals surface area contributed by atoms with Gasteiger partial charge in [-0.3, -0.25) is 9.78 Å². The van der Waals surface area contributed by atoms with Crippen LogP contribution in [0.3, 0.4) is 0 Å². The molecule has 2 aromatic heterocycles. The number of piperidine rings is 1. The number of nitrogens with one attached hydrogen (secondary N) is 1. The summed E-state index contributed by atoms with van der Waals surface area (Å²) in [7, 11) is 2.12. The Morgan fingerprint density at radius 3 is 3.00 bits per heavy atom. The van der Waals surface area contributed by atoms with Gasteiger partial charge in [-0.2, -0.15) is 0 Å². The van der Waals surface area contributed by atoms with E-state index in [1.165, 1.54) is 0 Å². The molecule has 1 N–H and O–H groups in total. The SMILES string of the molecule is CC1CC(NC(=O)c2cc(-n3ccnc3)ccn2)CCN1C. The smallest absolute Gasteiger partial charge is 0.270 e. The Balaban J connectivity index is 1.69. The Labute approximate surface area is 130 Å².